The van der Waals surface area contributed by atoms with Crippen LogP contribution in [0.4, 0.5) is 5.69 Å². The van der Waals surface area contributed by atoms with Crippen molar-refractivity contribution in [2.75, 3.05) is 4.72 Å². The smallest absolute Gasteiger partial charge is 0.348 e. The monoisotopic (exact) mass is 337 g/mol. The normalized spacial score (nSPS) is 11.5. The standard InChI is InChI=1S/C10H8ClNO4S3/c1-5-4-17-9(10(13)14)8(5)12-19(15,16)7-3-2-6(11)18-7/h2-4,12H,1H3,(H,13,14). The third-order valence-electron chi connectivity index (χ3n) is 2.22. The maximum atomic E-state index is 12.1. The average molecular weight is 338 g/mol. The number of aromatic carboxylic acids is 1. The van der Waals surface area contributed by atoms with Crippen LogP contribution in [-0.4, -0.2) is 19.5 Å². The van der Waals surface area contributed by atoms with Crippen molar-refractivity contribution in [1.82, 2.24) is 0 Å². The Bertz CT molecular complexity index is 732. The second kappa shape index (κ2) is 5.12. The van der Waals surface area contributed by atoms with Crippen LogP contribution in [0.1, 0.15) is 15.2 Å². The minimum atomic E-state index is -3.81. The lowest BCUT2D eigenvalue weighted by Gasteiger charge is -2.07. The average Bonchev–Trinajstić information content (AvgIpc) is 2.87. The van der Waals surface area contributed by atoms with Crippen molar-refractivity contribution in [2.45, 2.75) is 11.1 Å². The summed E-state index contributed by atoms with van der Waals surface area (Å²) in [6, 6.07) is 2.84. The summed E-state index contributed by atoms with van der Waals surface area (Å²) in [4.78, 5) is 11.0. The number of aryl methyl sites for hydroxylation is 1. The summed E-state index contributed by atoms with van der Waals surface area (Å²) >= 11 is 7.58. The first kappa shape index (κ1) is 14.3. The molecular formula is C10H8ClNO4S3. The lowest BCUT2D eigenvalue weighted by atomic mass is 10.3. The zero-order chi connectivity index (χ0) is 14.2. The Morgan fingerprint density at radius 3 is 2.63 bits per heavy atom. The van der Waals surface area contributed by atoms with Gasteiger partial charge in [-0.1, -0.05) is 11.6 Å². The molecule has 0 aliphatic carbocycles. The summed E-state index contributed by atoms with van der Waals surface area (Å²) in [5, 5.41) is 10.6. The topological polar surface area (TPSA) is 83.5 Å². The highest BCUT2D eigenvalue weighted by molar-refractivity contribution is 7.94. The number of thiophene rings is 2. The highest BCUT2D eigenvalue weighted by Crippen LogP contribution is 2.32. The second-order valence-corrected chi connectivity index (χ2v) is 8.10. The van der Waals surface area contributed by atoms with Gasteiger partial charge in [0.05, 0.1) is 10.0 Å². The van der Waals surface area contributed by atoms with Crippen molar-refractivity contribution in [1.29, 1.82) is 0 Å². The Morgan fingerprint density at radius 2 is 2.11 bits per heavy atom. The van der Waals surface area contributed by atoms with E-state index in [1.807, 2.05) is 0 Å². The lowest BCUT2D eigenvalue weighted by molar-refractivity contribution is 0.0703. The van der Waals surface area contributed by atoms with E-state index in [4.69, 9.17) is 16.7 Å². The number of halogens is 1. The fourth-order valence-electron chi connectivity index (χ4n) is 1.36. The number of hydrogen-bond donors (Lipinski definition) is 2. The number of sulfonamides is 1. The van der Waals surface area contributed by atoms with Crippen LogP contribution < -0.4 is 4.72 Å². The third kappa shape index (κ3) is 2.92. The first-order valence-corrected chi connectivity index (χ1v) is 8.46. The molecule has 0 saturated carbocycles. The number of anilines is 1. The van der Waals surface area contributed by atoms with Crippen LogP contribution in [0.25, 0.3) is 0 Å². The molecule has 0 atom stereocenters. The van der Waals surface area contributed by atoms with Crippen molar-refractivity contribution in [2.24, 2.45) is 0 Å². The minimum Gasteiger partial charge on any atom is -0.477 e. The van der Waals surface area contributed by atoms with Gasteiger partial charge in [-0.05, 0) is 30.0 Å². The molecule has 0 unspecified atom stereocenters. The van der Waals surface area contributed by atoms with E-state index in [2.05, 4.69) is 4.72 Å². The minimum absolute atomic E-state index is 0.0382. The number of rotatable bonds is 4. The summed E-state index contributed by atoms with van der Waals surface area (Å²) in [5.41, 5.74) is 0.663. The zero-order valence-corrected chi connectivity index (χ0v) is 12.7. The van der Waals surface area contributed by atoms with Crippen LogP contribution in [0.5, 0.6) is 0 Å². The Balaban J connectivity index is 2.41. The van der Waals surface area contributed by atoms with Gasteiger partial charge in [-0.25, -0.2) is 13.2 Å². The third-order valence-corrected chi connectivity index (χ3v) is 6.38. The molecule has 5 nitrogen and oxygen atoms in total. The molecule has 0 aromatic carbocycles. The molecule has 0 fully saturated rings. The maximum Gasteiger partial charge on any atom is 0.348 e. The quantitative estimate of drug-likeness (QED) is 0.896. The number of hydrogen-bond acceptors (Lipinski definition) is 5. The molecule has 2 aromatic rings. The van der Waals surface area contributed by atoms with Crippen LogP contribution in [-0.2, 0) is 10.0 Å². The SMILES string of the molecule is Cc1csc(C(=O)O)c1NS(=O)(=O)c1ccc(Cl)s1. The van der Waals surface area contributed by atoms with Crippen molar-refractivity contribution in [3.63, 3.8) is 0 Å². The van der Waals surface area contributed by atoms with Crippen LogP contribution in [0.3, 0.4) is 0 Å². The highest BCUT2D eigenvalue weighted by atomic mass is 35.5. The molecule has 0 radical (unpaired) electrons. The highest BCUT2D eigenvalue weighted by Gasteiger charge is 2.23. The summed E-state index contributed by atoms with van der Waals surface area (Å²) < 4.78 is 26.9. The molecule has 0 aliphatic rings. The molecule has 0 spiro atoms. The zero-order valence-electron chi connectivity index (χ0n) is 9.51. The van der Waals surface area contributed by atoms with Gasteiger partial charge in [-0.3, -0.25) is 4.72 Å². The van der Waals surface area contributed by atoms with Gasteiger partial charge >= 0.3 is 5.97 Å². The fourth-order valence-corrected chi connectivity index (χ4v) is 4.89. The molecule has 2 rings (SSSR count). The van der Waals surface area contributed by atoms with Crippen LogP contribution in [0, 0.1) is 6.92 Å². The van der Waals surface area contributed by atoms with E-state index in [0.717, 1.165) is 22.7 Å². The second-order valence-electron chi connectivity index (χ2n) is 3.59. The van der Waals surface area contributed by atoms with Gasteiger partial charge in [0.2, 0.25) is 0 Å². The molecule has 2 heterocycles. The molecule has 0 aliphatic heterocycles. The van der Waals surface area contributed by atoms with Gasteiger partial charge in [0, 0.05) is 0 Å². The molecule has 0 amide bonds. The van der Waals surface area contributed by atoms with Crippen LogP contribution in [0.15, 0.2) is 21.7 Å². The van der Waals surface area contributed by atoms with E-state index in [1.54, 1.807) is 12.3 Å². The maximum absolute atomic E-state index is 12.1. The van der Waals surface area contributed by atoms with Crippen molar-refractivity contribution < 1.29 is 18.3 Å². The van der Waals surface area contributed by atoms with E-state index in [-0.39, 0.29) is 14.8 Å². The van der Waals surface area contributed by atoms with Gasteiger partial charge in [-0.15, -0.1) is 22.7 Å². The van der Waals surface area contributed by atoms with E-state index in [9.17, 15) is 13.2 Å². The predicted molar refractivity (Wildman–Crippen MR) is 76.2 cm³/mol. The van der Waals surface area contributed by atoms with Crippen LogP contribution >= 0.6 is 34.3 Å². The van der Waals surface area contributed by atoms with E-state index < -0.39 is 16.0 Å². The lowest BCUT2D eigenvalue weighted by Crippen LogP contribution is -2.13. The molecule has 19 heavy (non-hydrogen) atoms. The first-order valence-electron chi connectivity index (χ1n) is 4.91. The molecule has 0 bridgehead atoms. The molecule has 2 aromatic heterocycles. The summed E-state index contributed by atoms with van der Waals surface area (Å²) in [6.07, 6.45) is 0. The summed E-state index contributed by atoms with van der Waals surface area (Å²) in [7, 11) is -3.81. The van der Waals surface area contributed by atoms with E-state index in [1.165, 1.54) is 12.1 Å². The molecule has 102 valence electrons. The number of carbonyl (C=O) groups is 1. The van der Waals surface area contributed by atoms with Crippen molar-refractivity contribution in [3.05, 3.63) is 32.3 Å². The van der Waals surface area contributed by atoms with Gasteiger partial charge in [0.25, 0.3) is 10.0 Å². The molecule has 2 N–H and O–H groups in total. The summed E-state index contributed by atoms with van der Waals surface area (Å²) in [5.74, 6) is -1.17. The number of carboxylic acid groups (broad SMARTS) is 1. The van der Waals surface area contributed by atoms with Gasteiger partial charge in [0.15, 0.2) is 0 Å². The van der Waals surface area contributed by atoms with Gasteiger partial charge in [0.1, 0.15) is 9.09 Å². The molecule has 9 heteroatoms. The van der Waals surface area contributed by atoms with Crippen LogP contribution in [0.2, 0.25) is 4.34 Å². The largest absolute Gasteiger partial charge is 0.477 e. The Hall–Kier alpha value is -1.09. The van der Waals surface area contributed by atoms with Crippen molar-refractivity contribution >= 4 is 56.0 Å². The number of nitrogens with one attached hydrogen (secondary N) is 1. The van der Waals surface area contributed by atoms with Gasteiger partial charge < -0.3 is 5.11 Å². The number of carboxylic acids is 1. The molecule has 0 saturated heterocycles. The van der Waals surface area contributed by atoms with E-state index in [0.29, 0.717) is 9.90 Å². The Labute approximate surface area is 122 Å². The van der Waals surface area contributed by atoms with Gasteiger partial charge in [-0.2, -0.15) is 0 Å². The predicted octanol–water partition coefficient (Wildman–Crippen LogP) is 3.27. The fraction of sp³-hybridized carbons (Fsp3) is 0.100. The Kier molecular flexibility index (Phi) is 3.86. The molecular weight excluding hydrogens is 330 g/mol. The van der Waals surface area contributed by atoms with Crippen molar-refractivity contribution in [3.8, 4) is 0 Å². The first-order chi connectivity index (χ1) is 8.81. The van der Waals surface area contributed by atoms with E-state index >= 15 is 0 Å². The summed E-state index contributed by atoms with van der Waals surface area (Å²) in [6.45, 7) is 1.64. The Morgan fingerprint density at radius 1 is 1.42 bits per heavy atom.